The van der Waals surface area contributed by atoms with Crippen LogP contribution in [0.2, 0.25) is 0 Å². The maximum absolute atomic E-state index is 11.8. The van der Waals surface area contributed by atoms with Crippen LogP contribution in [0.3, 0.4) is 0 Å². The molecule has 2 unspecified atom stereocenters. The zero-order valence-corrected chi connectivity index (χ0v) is 11.2. The highest BCUT2D eigenvalue weighted by molar-refractivity contribution is 5.81. The number of hydrogen-bond donors (Lipinski definition) is 2. The van der Waals surface area contributed by atoms with Crippen LogP contribution in [0.15, 0.2) is 0 Å². The van der Waals surface area contributed by atoms with Crippen molar-refractivity contribution >= 4 is 5.91 Å². The van der Waals surface area contributed by atoms with Crippen LogP contribution < -0.4 is 11.3 Å². The summed E-state index contributed by atoms with van der Waals surface area (Å²) in [5, 5.41) is 0. The Morgan fingerprint density at radius 2 is 2.35 bits per heavy atom. The number of ether oxygens (including phenoxy) is 1. The summed E-state index contributed by atoms with van der Waals surface area (Å²) in [7, 11) is 1.74. The van der Waals surface area contributed by atoms with Crippen LogP contribution in [-0.4, -0.2) is 42.6 Å². The molecule has 2 atom stereocenters. The van der Waals surface area contributed by atoms with Gasteiger partial charge in [-0.2, -0.15) is 0 Å². The van der Waals surface area contributed by atoms with Gasteiger partial charge in [-0.3, -0.25) is 15.1 Å². The summed E-state index contributed by atoms with van der Waals surface area (Å²) in [5.41, 5.74) is 2.13. The van der Waals surface area contributed by atoms with E-state index in [2.05, 4.69) is 24.2 Å². The molecule has 1 fully saturated rings. The maximum atomic E-state index is 11.8. The smallest absolute Gasteiger partial charge is 0.251 e. The molecule has 0 radical (unpaired) electrons. The van der Waals surface area contributed by atoms with Crippen LogP contribution in [0.25, 0.3) is 0 Å². The number of rotatable bonds is 5. The number of carbonyl (C=O) groups is 1. The number of likely N-dealkylation sites (tertiary alicyclic amines) is 1. The number of carbonyl (C=O) groups excluding carboxylic acids is 1. The van der Waals surface area contributed by atoms with Gasteiger partial charge in [-0.05, 0) is 32.7 Å². The Balaban J connectivity index is 2.70. The van der Waals surface area contributed by atoms with E-state index in [1.54, 1.807) is 7.11 Å². The van der Waals surface area contributed by atoms with Crippen molar-refractivity contribution in [2.75, 3.05) is 20.2 Å². The number of hydrogen-bond acceptors (Lipinski definition) is 4. The first-order valence-corrected chi connectivity index (χ1v) is 6.36. The molecule has 0 aromatic carbocycles. The summed E-state index contributed by atoms with van der Waals surface area (Å²) in [6.45, 7) is 5.91. The highest BCUT2D eigenvalue weighted by atomic mass is 16.5. The fourth-order valence-electron chi connectivity index (χ4n) is 2.53. The number of methoxy groups -OCH3 is 1. The van der Waals surface area contributed by atoms with Gasteiger partial charge in [0.2, 0.25) is 0 Å². The van der Waals surface area contributed by atoms with Gasteiger partial charge in [0.15, 0.2) is 0 Å². The topological polar surface area (TPSA) is 67.6 Å². The van der Waals surface area contributed by atoms with Crippen molar-refractivity contribution in [2.24, 2.45) is 5.84 Å². The van der Waals surface area contributed by atoms with Gasteiger partial charge in [-0.25, -0.2) is 5.84 Å². The molecule has 5 nitrogen and oxygen atoms in total. The maximum Gasteiger partial charge on any atom is 0.251 e. The standard InChI is InChI=1S/C12H25N3O2/c1-4-6-10(11(16)14-13)15-8-5-7-12(2,9-15)17-3/h10H,4-9,13H2,1-3H3,(H,14,16). The van der Waals surface area contributed by atoms with E-state index in [0.717, 1.165) is 38.8 Å². The first-order valence-electron chi connectivity index (χ1n) is 6.36. The van der Waals surface area contributed by atoms with E-state index >= 15 is 0 Å². The lowest BCUT2D eigenvalue weighted by Crippen LogP contribution is -2.56. The molecule has 0 bridgehead atoms. The number of amides is 1. The molecule has 5 heteroatoms. The Bertz CT molecular complexity index is 260. The molecule has 1 rings (SSSR count). The summed E-state index contributed by atoms with van der Waals surface area (Å²) >= 11 is 0. The largest absolute Gasteiger partial charge is 0.377 e. The molecular weight excluding hydrogens is 218 g/mol. The minimum absolute atomic E-state index is 0.0906. The Hall–Kier alpha value is -0.650. The monoisotopic (exact) mass is 243 g/mol. The van der Waals surface area contributed by atoms with E-state index in [0.29, 0.717) is 0 Å². The minimum Gasteiger partial charge on any atom is -0.377 e. The molecule has 1 aliphatic rings. The molecule has 1 heterocycles. The highest BCUT2D eigenvalue weighted by Crippen LogP contribution is 2.26. The lowest BCUT2D eigenvalue weighted by atomic mass is 9.92. The van der Waals surface area contributed by atoms with Crippen LogP contribution in [0, 0.1) is 0 Å². The van der Waals surface area contributed by atoms with Gasteiger partial charge in [0, 0.05) is 13.7 Å². The minimum atomic E-state index is -0.140. The van der Waals surface area contributed by atoms with Gasteiger partial charge in [0.1, 0.15) is 0 Å². The third-order valence-electron chi connectivity index (χ3n) is 3.63. The predicted octanol–water partition coefficient (Wildman–Crippen LogP) is 0.646. The molecule has 0 saturated carbocycles. The Kier molecular flexibility index (Phi) is 5.36. The second-order valence-electron chi connectivity index (χ2n) is 5.04. The van der Waals surface area contributed by atoms with Gasteiger partial charge in [-0.1, -0.05) is 13.3 Å². The van der Waals surface area contributed by atoms with E-state index < -0.39 is 0 Å². The van der Waals surface area contributed by atoms with Crippen LogP contribution >= 0.6 is 0 Å². The third-order valence-corrected chi connectivity index (χ3v) is 3.63. The van der Waals surface area contributed by atoms with Crippen LogP contribution in [0.5, 0.6) is 0 Å². The van der Waals surface area contributed by atoms with Gasteiger partial charge in [-0.15, -0.1) is 0 Å². The molecule has 3 N–H and O–H groups in total. The molecule has 1 saturated heterocycles. The van der Waals surface area contributed by atoms with Crippen LogP contribution in [0.1, 0.15) is 39.5 Å². The van der Waals surface area contributed by atoms with Crippen molar-refractivity contribution in [3.8, 4) is 0 Å². The second kappa shape index (κ2) is 6.33. The zero-order chi connectivity index (χ0) is 12.9. The molecule has 1 amide bonds. The quantitative estimate of drug-likeness (QED) is 0.422. The number of piperidine rings is 1. The van der Waals surface area contributed by atoms with Gasteiger partial charge < -0.3 is 4.74 Å². The van der Waals surface area contributed by atoms with E-state index in [1.807, 2.05) is 0 Å². The Labute approximate surface area is 104 Å². The highest BCUT2D eigenvalue weighted by Gasteiger charge is 2.35. The lowest BCUT2D eigenvalue weighted by molar-refractivity contribution is -0.130. The SMILES string of the molecule is CCCC(C(=O)NN)N1CCCC(C)(OC)C1. The van der Waals surface area contributed by atoms with Crippen LogP contribution in [-0.2, 0) is 9.53 Å². The van der Waals surface area contributed by atoms with Crippen molar-refractivity contribution in [3.63, 3.8) is 0 Å². The number of nitrogens with one attached hydrogen (secondary N) is 1. The molecule has 0 aliphatic carbocycles. The summed E-state index contributed by atoms with van der Waals surface area (Å²) < 4.78 is 5.55. The van der Waals surface area contributed by atoms with Crippen molar-refractivity contribution < 1.29 is 9.53 Å². The van der Waals surface area contributed by atoms with Gasteiger partial charge >= 0.3 is 0 Å². The van der Waals surface area contributed by atoms with E-state index in [1.165, 1.54) is 0 Å². The molecular formula is C12H25N3O2. The normalized spacial score (nSPS) is 27.8. The van der Waals surface area contributed by atoms with Gasteiger partial charge in [0.25, 0.3) is 5.91 Å². The first-order chi connectivity index (χ1) is 8.06. The predicted molar refractivity (Wildman–Crippen MR) is 67.2 cm³/mol. The fourth-order valence-corrected chi connectivity index (χ4v) is 2.53. The van der Waals surface area contributed by atoms with Crippen LogP contribution in [0.4, 0.5) is 0 Å². The third kappa shape index (κ3) is 3.66. The summed E-state index contributed by atoms with van der Waals surface area (Å²) in [4.78, 5) is 14.0. The lowest BCUT2D eigenvalue weighted by Gasteiger charge is -2.42. The van der Waals surface area contributed by atoms with E-state index in [-0.39, 0.29) is 17.6 Å². The van der Waals surface area contributed by atoms with E-state index in [4.69, 9.17) is 10.6 Å². The van der Waals surface area contributed by atoms with Gasteiger partial charge in [0.05, 0.1) is 11.6 Å². The Morgan fingerprint density at radius 1 is 1.65 bits per heavy atom. The van der Waals surface area contributed by atoms with Crippen molar-refractivity contribution in [3.05, 3.63) is 0 Å². The average molecular weight is 243 g/mol. The summed E-state index contributed by atoms with van der Waals surface area (Å²) in [6.07, 6.45) is 3.91. The van der Waals surface area contributed by atoms with Crippen molar-refractivity contribution in [1.82, 2.24) is 10.3 Å². The molecule has 0 aromatic heterocycles. The fraction of sp³-hybridized carbons (Fsp3) is 0.917. The molecule has 17 heavy (non-hydrogen) atoms. The summed E-state index contributed by atoms with van der Waals surface area (Å²) in [6, 6.07) is -0.125. The average Bonchev–Trinajstić information content (AvgIpc) is 2.35. The molecule has 0 spiro atoms. The van der Waals surface area contributed by atoms with Crippen molar-refractivity contribution in [1.29, 1.82) is 0 Å². The zero-order valence-electron chi connectivity index (χ0n) is 11.2. The Morgan fingerprint density at radius 3 is 2.88 bits per heavy atom. The molecule has 100 valence electrons. The summed E-state index contributed by atoms with van der Waals surface area (Å²) in [5.74, 6) is 5.16. The van der Waals surface area contributed by atoms with E-state index in [9.17, 15) is 4.79 Å². The van der Waals surface area contributed by atoms with Crippen molar-refractivity contribution in [2.45, 2.75) is 51.2 Å². The number of hydrazine groups is 1. The number of nitrogens with zero attached hydrogens (tertiary/aromatic N) is 1. The number of nitrogens with two attached hydrogens (primary N) is 1. The second-order valence-corrected chi connectivity index (χ2v) is 5.04. The molecule has 0 aromatic rings. The molecule has 1 aliphatic heterocycles. The first kappa shape index (κ1) is 14.4.